The average molecular weight is 462 g/mol. The summed E-state index contributed by atoms with van der Waals surface area (Å²) >= 11 is 0. The summed E-state index contributed by atoms with van der Waals surface area (Å²) in [7, 11) is 3.20. The fraction of sp³-hybridized carbons (Fsp3) is 0.417. The molecule has 1 saturated heterocycles. The largest absolute Gasteiger partial charge is 0.493 e. The highest BCUT2D eigenvalue weighted by Crippen LogP contribution is 2.30. The first-order valence-corrected chi connectivity index (χ1v) is 10.8. The van der Waals surface area contributed by atoms with Crippen LogP contribution in [0.25, 0.3) is 0 Å². The monoisotopic (exact) mass is 461 g/mol. The van der Waals surface area contributed by atoms with E-state index in [1.54, 1.807) is 17.0 Å². The van der Waals surface area contributed by atoms with Crippen LogP contribution in [-0.4, -0.2) is 62.0 Å². The highest BCUT2D eigenvalue weighted by molar-refractivity contribution is 5.92. The summed E-state index contributed by atoms with van der Waals surface area (Å²) in [6.45, 7) is -1.22. The molecular formula is C24H29F2N3O4. The van der Waals surface area contributed by atoms with E-state index in [2.05, 4.69) is 10.1 Å². The minimum atomic E-state index is -2.93. The third-order valence-corrected chi connectivity index (χ3v) is 5.56. The van der Waals surface area contributed by atoms with Gasteiger partial charge < -0.3 is 19.7 Å². The van der Waals surface area contributed by atoms with Crippen molar-refractivity contribution in [3.8, 4) is 11.5 Å². The molecule has 178 valence electrons. The topological polar surface area (TPSA) is 71.1 Å². The van der Waals surface area contributed by atoms with Gasteiger partial charge in [-0.3, -0.25) is 14.5 Å². The minimum absolute atomic E-state index is 0.0102. The Balaban J connectivity index is 1.46. The van der Waals surface area contributed by atoms with E-state index >= 15 is 0 Å². The van der Waals surface area contributed by atoms with Crippen LogP contribution in [-0.2, 0) is 16.1 Å². The number of anilines is 1. The number of nitrogens with one attached hydrogen (secondary N) is 1. The summed E-state index contributed by atoms with van der Waals surface area (Å²) in [6.07, 6.45) is 1.24. The predicted molar refractivity (Wildman–Crippen MR) is 120 cm³/mol. The van der Waals surface area contributed by atoms with Gasteiger partial charge in [0.2, 0.25) is 11.8 Å². The summed E-state index contributed by atoms with van der Waals surface area (Å²) in [4.78, 5) is 28.8. The quantitative estimate of drug-likeness (QED) is 0.618. The van der Waals surface area contributed by atoms with E-state index in [1.165, 1.54) is 13.2 Å². The fourth-order valence-electron chi connectivity index (χ4n) is 3.86. The molecule has 0 aromatic heterocycles. The van der Waals surface area contributed by atoms with Gasteiger partial charge in [-0.05, 0) is 49.7 Å². The number of methoxy groups -OCH3 is 1. The second-order valence-corrected chi connectivity index (χ2v) is 8.05. The van der Waals surface area contributed by atoms with Gasteiger partial charge in [-0.25, -0.2) is 0 Å². The Morgan fingerprint density at radius 3 is 2.45 bits per heavy atom. The molecule has 0 radical (unpaired) electrons. The molecule has 33 heavy (non-hydrogen) atoms. The second-order valence-electron chi connectivity index (χ2n) is 8.05. The molecule has 2 aromatic rings. The van der Waals surface area contributed by atoms with Crippen molar-refractivity contribution in [3.05, 3.63) is 54.1 Å². The normalized spacial score (nSPS) is 14.4. The van der Waals surface area contributed by atoms with Crippen molar-refractivity contribution in [2.45, 2.75) is 26.0 Å². The maximum absolute atomic E-state index is 12.7. The molecule has 1 N–H and O–H groups in total. The molecule has 0 atom stereocenters. The van der Waals surface area contributed by atoms with Crippen molar-refractivity contribution < 1.29 is 27.8 Å². The molecule has 9 heteroatoms. The molecule has 0 spiro atoms. The number of hydrogen-bond donors (Lipinski definition) is 1. The molecule has 2 amide bonds. The third kappa shape index (κ3) is 7.15. The Hall–Kier alpha value is -3.20. The van der Waals surface area contributed by atoms with Crippen LogP contribution in [0.2, 0.25) is 0 Å². The van der Waals surface area contributed by atoms with Gasteiger partial charge in [-0.15, -0.1) is 0 Å². The number of nitrogens with zero attached hydrogens (tertiary/aromatic N) is 2. The van der Waals surface area contributed by atoms with Gasteiger partial charge in [0, 0.05) is 31.2 Å². The number of rotatable bonds is 9. The zero-order chi connectivity index (χ0) is 23.8. The van der Waals surface area contributed by atoms with Crippen LogP contribution >= 0.6 is 0 Å². The number of benzene rings is 2. The number of piperidine rings is 1. The van der Waals surface area contributed by atoms with Gasteiger partial charge in [0.15, 0.2) is 11.5 Å². The zero-order valence-electron chi connectivity index (χ0n) is 18.8. The SMILES string of the molecule is COc1cc(CN(C)CC(=O)N2CCC(C(=O)Nc3ccccc3)CC2)ccc1OC(F)F. The Bertz CT molecular complexity index is 935. The first kappa shape index (κ1) is 24.4. The Labute approximate surface area is 192 Å². The van der Waals surface area contributed by atoms with Gasteiger partial charge in [-0.1, -0.05) is 24.3 Å². The lowest BCUT2D eigenvalue weighted by molar-refractivity contribution is -0.135. The Morgan fingerprint density at radius 2 is 1.82 bits per heavy atom. The molecule has 0 bridgehead atoms. The number of hydrogen-bond acceptors (Lipinski definition) is 5. The Morgan fingerprint density at radius 1 is 1.12 bits per heavy atom. The number of amides is 2. The molecule has 1 aliphatic heterocycles. The van der Waals surface area contributed by atoms with Crippen LogP contribution < -0.4 is 14.8 Å². The van der Waals surface area contributed by atoms with Crippen molar-refractivity contribution in [1.29, 1.82) is 0 Å². The maximum Gasteiger partial charge on any atom is 0.387 e. The van der Waals surface area contributed by atoms with Crippen molar-refractivity contribution in [2.24, 2.45) is 5.92 Å². The highest BCUT2D eigenvalue weighted by atomic mass is 19.3. The van der Waals surface area contributed by atoms with Crippen molar-refractivity contribution in [2.75, 3.05) is 39.1 Å². The number of likely N-dealkylation sites (tertiary alicyclic amines) is 1. The van der Waals surface area contributed by atoms with E-state index in [1.807, 2.05) is 42.3 Å². The number of halogens is 2. The highest BCUT2D eigenvalue weighted by Gasteiger charge is 2.27. The number of ether oxygens (including phenoxy) is 2. The minimum Gasteiger partial charge on any atom is -0.493 e. The van der Waals surface area contributed by atoms with Crippen LogP contribution in [0, 0.1) is 5.92 Å². The van der Waals surface area contributed by atoms with Gasteiger partial charge in [0.05, 0.1) is 13.7 Å². The van der Waals surface area contributed by atoms with Crippen LogP contribution in [0.3, 0.4) is 0 Å². The standard InChI is InChI=1S/C24H29F2N3O4/c1-28(15-17-8-9-20(33-24(25)26)21(14-17)32-2)16-22(30)29-12-10-18(11-13-29)23(31)27-19-6-4-3-5-7-19/h3-9,14,18,24H,10-13,15-16H2,1-2H3,(H,27,31). The number of para-hydroxylation sites is 1. The molecule has 3 rings (SSSR count). The molecule has 1 fully saturated rings. The van der Waals surface area contributed by atoms with Crippen molar-refractivity contribution in [1.82, 2.24) is 9.80 Å². The maximum atomic E-state index is 12.7. The second kappa shape index (κ2) is 11.6. The Kier molecular flexibility index (Phi) is 8.59. The van der Waals surface area contributed by atoms with Crippen LogP contribution in [0.5, 0.6) is 11.5 Å². The molecule has 0 aliphatic carbocycles. The molecular weight excluding hydrogens is 432 g/mol. The van der Waals surface area contributed by atoms with E-state index in [0.29, 0.717) is 32.5 Å². The van der Waals surface area contributed by atoms with Crippen LogP contribution in [0.1, 0.15) is 18.4 Å². The van der Waals surface area contributed by atoms with Gasteiger partial charge >= 0.3 is 6.61 Å². The molecule has 1 heterocycles. The molecule has 2 aromatic carbocycles. The van der Waals surface area contributed by atoms with Crippen LogP contribution in [0.15, 0.2) is 48.5 Å². The molecule has 0 saturated carbocycles. The van der Waals surface area contributed by atoms with Gasteiger partial charge in [-0.2, -0.15) is 8.78 Å². The van der Waals surface area contributed by atoms with E-state index in [9.17, 15) is 18.4 Å². The lowest BCUT2D eigenvalue weighted by Gasteiger charge is -2.32. The van der Waals surface area contributed by atoms with E-state index in [4.69, 9.17) is 4.74 Å². The fourth-order valence-corrected chi connectivity index (χ4v) is 3.86. The third-order valence-electron chi connectivity index (χ3n) is 5.56. The predicted octanol–water partition coefficient (Wildman–Crippen LogP) is 3.61. The van der Waals surface area contributed by atoms with Crippen LogP contribution in [0.4, 0.5) is 14.5 Å². The number of alkyl halides is 2. The van der Waals surface area contributed by atoms with E-state index in [-0.39, 0.29) is 35.8 Å². The number of carbonyl (C=O) groups is 2. The lowest BCUT2D eigenvalue weighted by atomic mass is 9.95. The summed E-state index contributed by atoms with van der Waals surface area (Å²) in [5.74, 6) is 0.0358. The molecule has 7 nitrogen and oxygen atoms in total. The van der Waals surface area contributed by atoms with Gasteiger partial charge in [0.1, 0.15) is 0 Å². The summed E-state index contributed by atoms with van der Waals surface area (Å²) in [6, 6.07) is 14.0. The molecule has 0 unspecified atom stereocenters. The average Bonchev–Trinajstić information content (AvgIpc) is 2.80. The first-order valence-electron chi connectivity index (χ1n) is 10.8. The van der Waals surface area contributed by atoms with Gasteiger partial charge in [0.25, 0.3) is 0 Å². The number of carbonyl (C=O) groups excluding carboxylic acids is 2. The number of likely N-dealkylation sites (N-methyl/N-ethyl adjacent to an activating group) is 1. The molecule has 1 aliphatic rings. The zero-order valence-corrected chi connectivity index (χ0v) is 18.8. The van der Waals surface area contributed by atoms with Crippen molar-refractivity contribution in [3.63, 3.8) is 0 Å². The first-order chi connectivity index (χ1) is 15.9. The lowest BCUT2D eigenvalue weighted by Crippen LogP contribution is -2.45. The summed E-state index contributed by atoms with van der Waals surface area (Å²) in [5.41, 5.74) is 1.58. The van der Waals surface area contributed by atoms with E-state index < -0.39 is 6.61 Å². The smallest absolute Gasteiger partial charge is 0.387 e. The summed E-state index contributed by atoms with van der Waals surface area (Å²) in [5, 5.41) is 2.93. The summed E-state index contributed by atoms with van der Waals surface area (Å²) < 4.78 is 34.5. The van der Waals surface area contributed by atoms with E-state index in [0.717, 1.165) is 11.3 Å². The van der Waals surface area contributed by atoms with Crippen molar-refractivity contribution >= 4 is 17.5 Å².